The van der Waals surface area contributed by atoms with Gasteiger partial charge in [0.05, 0.1) is 6.54 Å². The molecule has 1 heterocycles. The number of guanidine groups is 1. The SMILES string of the molecule is C=CCNC(=NCc1nc(C(F)(F)F)cs1)NCC.I. The number of hydrogen-bond donors (Lipinski definition) is 2. The molecule has 0 radical (unpaired) electrons. The lowest BCUT2D eigenvalue weighted by molar-refractivity contribution is -0.140. The van der Waals surface area contributed by atoms with Crippen LogP contribution in [-0.4, -0.2) is 24.0 Å². The summed E-state index contributed by atoms with van der Waals surface area (Å²) in [5.41, 5.74) is -0.869. The topological polar surface area (TPSA) is 49.3 Å². The predicted molar refractivity (Wildman–Crippen MR) is 85.5 cm³/mol. The Kier molecular flexibility index (Phi) is 8.78. The van der Waals surface area contributed by atoms with Crippen molar-refractivity contribution in [2.75, 3.05) is 13.1 Å². The zero-order chi connectivity index (χ0) is 14.3. The summed E-state index contributed by atoms with van der Waals surface area (Å²) < 4.78 is 37.1. The molecule has 0 fully saturated rings. The number of hydrogen-bond acceptors (Lipinski definition) is 3. The van der Waals surface area contributed by atoms with Crippen LogP contribution in [0.1, 0.15) is 17.6 Å². The number of rotatable bonds is 5. The summed E-state index contributed by atoms with van der Waals surface area (Å²) in [6, 6.07) is 0. The molecular formula is C11H16F3IN4S. The standard InChI is InChI=1S/C11H15F3N4S.HI/c1-3-5-16-10(15-4-2)17-6-9-18-8(7-19-9)11(12,13)14;/h3,7H,1,4-6H2,2H3,(H2,15,16,17);1H. The molecule has 0 amide bonds. The van der Waals surface area contributed by atoms with Crippen LogP contribution in [-0.2, 0) is 12.7 Å². The monoisotopic (exact) mass is 420 g/mol. The van der Waals surface area contributed by atoms with E-state index in [1.807, 2.05) is 6.92 Å². The van der Waals surface area contributed by atoms with Gasteiger partial charge in [-0.2, -0.15) is 13.2 Å². The van der Waals surface area contributed by atoms with E-state index < -0.39 is 11.9 Å². The van der Waals surface area contributed by atoms with Crippen LogP contribution in [0.15, 0.2) is 23.0 Å². The highest BCUT2D eigenvalue weighted by Gasteiger charge is 2.33. The Morgan fingerprint density at radius 1 is 1.50 bits per heavy atom. The third-order valence-corrected chi connectivity index (χ3v) is 2.81. The highest BCUT2D eigenvalue weighted by Crippen LogP contribution is 2.30. The predicted octanol–water partition coefficient (Wildman–Crippen LogP) is 3.02. The minimum atomic E-state index is -4.40. The number of halogens is 4. The van der Waals surface area contributed by atoms with Crippen molar-refractivity contribution in [1.29, 1.82) is 0 Å². The lowest BCUT2D eigenvalue weighted by Crippen LogP contribution is -2.37. The van der Waals surface area contributed by atoms with Gasteiger partial charge in [-0.3, -0.25) is 0 Å². The fourth-order valence-electron chi connectivity index (χ4n) is 1.17. The number of thiazole rings is 1. The van der Waals surface area contributed by atoms with Crippen molar-refractivity contribution in [3.05, 3.63) is 28.7 Å². The van der Waals surface area contributed by atoms with Gasteiger partial charge in [0.1, 0.15) is 5.01 Å². The molecule has 0 aliphatic carbocycles. The molecule has 1 rings (SSSR count). The Labute approximate surface area is 136 Å². The van der Waals surface area contributed by atoms with Crippen LogP contribution >= 0.6 is 35.3 Å². The Morgan fingerprint density at radius 2 is 2.20 bits per heavy atom. The van der Waals surface area contributed by atoms with Gasteiger partial charge >= 0.3 is 6.18 Å². The Balaban J connectivity index is 0.00000361. The summed E-state index contributed by atoms with van der Waals surface area (Å²) >= 11 is 0.946. The normalized spacial score (nSPS) is 11.7. The summed E-state index contributed by atoms with van der Waals surface area (Å²) in [4.78, 5) is 7.65. The molecule has 2 N–H and O–H groups in total. The summed E-state index contributed by atoms with van der Waals surface area (Å²) in [7, 11) is 0. The van der Waals surface area contributed by atoms with Crippen LogP contribution < -0.4 is 10.6 Å². The summed E-state index contributed by atoms with van der Waals surface area (Å²) in [5.74, 6) is 0.520. The van der Waals surface area contributed by atoms with Crippen molar-refractivity contribution >= 4 is 41.3 Å². The first-order valence-electron chi connectivity index (χ1n) is 5.62. The summed E-state index contributed by atoms with van der Waals surface area (Å²) in [6.07, 6.45) is -2.73. The maximum atomic E-state index is 12.4. The van der Waals surface area contributed by atoms with Gasteiger partial charge in [-0.05, 0) is 6.92 Å². The van der Waals surface area contributed by atoms with E-state index in [2.05, 4.69) is 27.2 Å². The molecule has 0 aliphatic heterocycles. The van der Waals surface area contributed by atoms with E-state index in [-0.39, 0.29) is 30.5 Å². The van der Waals surface area contributed by atoms with Gasteiger partial charge in [0, 0.05) is 18.5 Å². The van der Waals surface area contributed by atoms with Crippen molar-refractivity contribution in [2.24, 2.45) is 4.99 Å². The molecule has 1 aromatic heterocycles. The molecular weight excluding hydrogens is 404 g/mol. The Bertz CT molecular complexity index is 445. The average molecular weight is 420 g/mol. The van der Waals surface area contributed by atoms with E-state index in [4.69, 9.17) is 0 Å². The van der Waals surface area contributed by atoms with E-state index >= 15 is 0 Å². The van der Waals surface area contributed by atoms with Gasteiger partial charge in [-0.15, -0.1) is 41.9 Å². The molecule has 9 heteroatoms. The maximum absolute atomic E-state index is 12.4. The van der Waals surface area contributed by atoms with Gasteiger partial charge in [0.25, 0.3) is 0 Å². The van der Waals surface area contributed by atoms with Crippen molar-refractivity contribution in [3.63, 3.8) is 0 Å². The average Bonchev–Trinajstić information content (AvgIpc) is 2.81. The van der Waals surface area contributed by atoms with Crippen molar-refractivity contribution in [2.45, 2.75) is 19.6 Å². The number of nitrogens with zero attached hydrogens (tertiary/aromatic N) is 2. The molecule has 4 nitrogen and oxygen atoms in total. The minimum Gasteiger partial charge on any atom is -0.357 e. The molecule has 114 valence electrons. The van der Waals surface area contributed by atoms with E-state index in [0.717, 1.165) is 16.7 Å². The van der Waals surface area contributed by atoms with E-state index in [9.17, 15) is 13.2 Å². The molecule has 0 aromatic carbocycles. The number of alkyl halides is 3. The Hall–Kier alpha value is -0.840. The van der Waals surface area contributed by atoms with E-state index in [0.29, 0.717) is 24.1 Å². The fraction of sp³-hybridized carbons (Fsp3) is 0.455. The van der Waals surface area contributed by atoms with Crippen molar-refractivity contribution in [3.8, 4) is 0 Å². The van der Waals surface area contributed by atoms with E-state index in [1.54, 1.807) is 6.08 Å². The van der Waals surface area contributed by atoms with Gasteiger partial charge in [0.15, 0.2) is 11.7 Å². The van der Waals surface area contributed by atoms with Crippen LogP contribution in [0.4, 0.5) is 13.2 Å². The van der Waals surface area contributed by atoms with Crippen LogP contribution in [0.2, 0.25) is 0 Å². The molecule has 1 aromatic rings. The lowest BCUT2D eigenvalue weighted by Gasteiger charge is -2.08. The van der Waals surface area contributed by atoms with Crippen molar-refractivity contribution in [1.82, 2.24) is 15.6 Å². The highest BCUT2D eigenvalue weighted by atomic mass is 127. The zero-order valence-electron chi connectivity index (χ0n) is 10.8. The maximum Gasteiger partial charge on any atom is 0.434 e. The van der Waals surface area contributed by atoms with Gasteiger partial charge in [-0.25, -0.2) is 9.98 Å². The fourth-order valence-corrected chi connectivity index (χ4v) is 1.90. The quantitative estimate of drug-likeness (QED) is 0.333. The Morgan fingerprint density at radius 3 is 2.70 bits per heavy atom. The zero-order valence-corrected chi connectivity index (χ0v) is 14.0. The highest BCUT2D eigenvalue weighted by molar-refractivity contribution is 14.0. The third kappa shape index (κ3) is 6.55. The molecule has 0 unspecified atom stereocenters. The number of aliphatic imine (C=N–C) groups is 1. The van der Waals surface area contributed by atoms with Crippen LogP contribution in [0.3, 0.4) is 0 Å². The number of nitrogens with one attached hydrogen (secondary N) is 2. The largest absolute Gasteiger partial charge is 0.434 e. The van der Waals surface area contributed by atoms with Crippen LogP contribution in [0, 0.1) is 0 Å². The van der Waals surface area contributed by atoms with Gasteiger partial charge in [0.2, 0.25) is 0 Å². The second kappa shape index (κ2) is 9.16. The minimum absolute atomic E-state index is 0. The molecule has 0 saturated carbocycles. The van der Waals surface area contributed by atoms with Crippen LogP contribution in [0.5, 0.6) is 0 Å². The third-order valence-electron chi connectivity index (χ3n) is 1.97. The first kappa shape index (κ1) is 19.2. The van der Waals surface area contributed by atoms with Gasteiger partial charge in [-0.1, -0.05) is 6.08 Å². The van der Waals surface area contributed by atoms with Crippen LogP contribution in [0.25, 0.3) is 0 Å². The number of aromatic nitrogens is 1. The molecule has 0 bridgehead atoms. The van der Waals surface area contributed by atoms with Crippen molar-refractivity contribution < 1.29 is 13.2 Å². The second-order valence-corrected chi connectivity index (χ2v) is 4.43. The summed E-state index contributed by atoms with van der Waals surface area (Å²) in [6.45, 7) is 6.75. The summed E-state index contributed by atoms with van der Waals surface area (Å²) in [5, 5.41) is 7.24. The molecule has 0 aliphatic rings. The first-order valence-corrected chi connectivity index (χ1v) is 6.50. The second-order valence-electron chi connectivity index (χ2n) is 3.49. The molecule has 0 saturated heterocycles. The smallest absolute Gasteiger partial charge is 0.357 e. The lowest BCUT2D eigenvalue weighted by atomic mass is 10.5. The van der Waals surface area contributed by atoms with E-state index in [1.165, 1.54) is 0 Å². The molecule has 0 spiro atoms. The molecule has 20 heavy (non-hydrogen) atoms. The first-order chi connectivity index (χ1) is 8.97. The van der Waals surface area contributed by atoms with Gasteiger partial charge < -0.3 is 10.6 Å². The molecule has 0 atom stereocenters.